The number of allylic oxidation sites excluding steroid dienone is 14. The van der Waals surface area contributed by atoms with E-state index >= 15 is 0 Å². The molecule has 0 spiro atoms. The van der Waals surface area contributed by atoms with Gasteiger partial charge in [-0.2, -0.15) is 0 Å². The lowest BCUT2D eigenvalue weighted by Crippen LogP contribution is -2.30. The summed E-state index contributed by atoms with van der Waals surface area (Å²) >= 11 is 0. The first-order valence-electron chi connectivity index (χ1n) is 26.1. The Kier molecular flexibility index (Phi) is 50.0. The number of unbranched alkanes of at least 4 members (excludes halogenated alkanes) is 22. The molecule has 0 aliphatic carbocycles. The molecule has 0 heterocycles. The van der Waals surface area contributed by atoms with Crippen molar-refractivity contribution in [2.75, 3.05) is 19.8 Å². The minimum Gasteiger partial charge on any atom is -0.462 e. The molecular weight excluding hydrogens is 765 g/mol. The van der Waals surface area contributed by atoms with Gasteiger partial charge in [-0.25, -0.2) is 0 Å². The summed E-state index contributed by atoms with van der Waals surface area (Å²) in [5, 5.41) is 0. The van der Waals surface area contributed by atoms with Crippen LogP contribution in [0.4, 0.5) is 0 Å². The summed E-state index contributed by atoms with van der Waals surface area (Å²) in [6.07, 6.45) is 68.9. The zero-order valence-electron chi connectivity index (χ0n) is 40.9. The van der Waals surface area contributed by atoms with Gasteiger partial charge in [0.25, 0.3) is 0 Å². The Morgan fingerprint density at radius 3 is 1.16 bits per heavy atom. The monoisotopic (exact) mass is 863 g/mol. The van der Waals surface area contributed by atoms with E-state index in [1.54, 1.807) is 0 Å². The van der Waals surface area contributed by atoms with Crippen LogP contribution < -0.4 is 0 Å². The van der Waals surface area contributed by atoms with Gasteiger partial charge in [-0.1, -0.05) is 228 Å². The van der Waals surface area contributed by atoms with Crippen LogP contribution in [-0.4, -0.2) is 37.9 Å². The van der Waals surface area contributed by atoms with Gasteiger partial charge in [0.1, 0.15) is 6.61 Å². The van der Waals surface area contributed by atoms with Crippen molar-refractivity contribution in [3.8, 4) is 0 Å². The van der Waals surface area contributed by atoms with Gasteiger partial charge in [0.05, 0.1) is 6.61 Å². The lowest BCUT2D eigenvalue weighted by Gasteiger charge is -2.18. The van der Waals surface area contributed by atoms with Gasteiger partial charge in [0, 0.05) is 19.4 Å². The minimum atomic E-state index is -0.570. The lowest BCUT2D eigenvalue weighted by molar-refractivity contribution is -0.163. The van der Waals surface area contributed by atoms with Crippen LogP contribution in [0.3, 0.4) is 0 Å². The topological polar surface area (TPSA) is 61.8 Å². The zero-order valence-corrected chi connectivity index (χ0v) is 40.9. The Balaban J connectivity index is 4.34. The number of carbonyl (C=O) groups excluding carboxylic acids is 2. The summed E-state index contributed by atoms with van der Waals surface area (Å²) in [7, 11) is 0. The number of carbonyl (C=O) groups is 2. The lowest BCUT2D eigenvalue weighted by atomic mass is 10.0. The van der Waals surface area contributed by atoms with E-state index in [-0.39, 0.29) is 25.2 Å². The van der Waals surface area contributed by atoms with E-state index in [0.29, 0.717) is 19.4 Å². The molecule has 0 aliphatic rings. The van der Waals surface area contributed by atoms with Crippen molar-refractivity contribution in [3.05, 3.63) is 85.1 Å². The predicted octanol–water partition coefficient (Wildman–Crippen LogP) is 17.7. The maximum atomic E-state index is 12.8. The summed E-state index contributed by atoms with van der Waals surface area (Å²) in [5.74, 6) is -0.435. The fourth-order valence-electron chi connectivity index (χ4n) is 7.12. The smallest absolute Gasteiger partial charge is 0.306 e. The first kappa shape index (κ1) is 59.1. The Labute approximate surface area is 384 Å². The standard InChI is InChI=1S/C57H98O5/c1-4-7-10-13-16-19-22-25-28-29-31-32-35-38-41-44-47-50-56(58)61-54-55(53-60-52-49-46-43-40-37-34-27-24-21-18-15-12-9-6-3)62-57(59)51-48-45-42-39-36-33-30-26-23-20-17-14-11-8-5-2/h7,9-10,12,16,18-19,21,25,27-28,34,40,43,55H,4-6,8,11,13-15,17,20,22-24,26,29-33,35-39,41-42,44-54H2,1-3H3/b10-7-,12-9-,19-16-,21-18-,28-25-,34-27-,43-40-. The van der Waals surface area contributed by atoms with Gasteiger partial charge in [0.2, 0.25) is 0 Å². The fourth-order valence-corrected chi connectivity index (χ4v) is 7.12. The highest BCUT2D eigenvalue weighted by Crippen LogP contribution is 2.15. The molecular formula is C57H98O5. The van der Waals surface area contributed by atoms with Crippen LogP contribution in [0.2, 0.25) is 0 Å². The number of ether oxygens (including phenoxy) is 3. The molecule has 5 nitrogen and oxygen atoms in total. The maximum Gasteiger partial charge on any atom is 0.306 e. The molecule has 0 radical (unpaired) electrons. The first-order valence-corrected chi connectivity index (χ1v) is 26.1. The average Bonchev–Trinajstić information content (AvgIpc) is 3.27. The number of rotatable bonds is 47. The molecule has 5 heteroatoms. The molecule has 1 atom stereocenters. The molecule has 0 aromatic rings. The molecule has 62 heavy (non-hydrogen) atoms. The molecule has 0 N–H and O–H groups in total. The maximum absolute atomic E-state index is 12.8. The van der Waals surface area contributed by atoms with E-state index in [1.807, 2.05) is 0 Å². The highest BCUT2D eigenvalue weighted by Gasteiger charge is 2.17. The van der Waals surface area contributed by atoms with Gasteiger partial charge in [-0.3, -0.25) is 9.59 Å². The fraction of sp³-hybridized carbons (Fsp3) is 0.719. The first-order chi connectivity index (χ1) is 30.6. The summed E-state index contributed by atoms with van der Waals surface area (Å²) < 4.78 is 17.3. The Bertz CT molecular complexity index is 1160. The molecule has 0 bridgehead atoms. The van der Waals surface area contributed by atoms with E-state index in [9.17, 15) is 9.59 Å². The van der Waals surface area contributed by atoms with E-state index in [2.05, 4.69) is 106 Å². The molecule has 1 unspecified atom stereocenters. The average molecular weight is 863 g/mol. The van der Waals surface area contributed by atoms with Crippen molar-refractivity contribution in [1.82, 2.24) is 0 Å². The van der Waals surface area contributed by atoms with Gasteiger partial charge >= 0.3 is 11.9 Å². The van der Waals surface area contributed by atoms with E-state index in [1.165, 1.54) is 109 Å². The second-order valence-corrected chi connectivity index (χ2v) is 17.0. The Hall–Kier alpha value is -2.92. The van der Waals surface area contributed by atoms with Gasteiger partial charge < -0.3 is 14.2 Å². The third-order valence-corrected chi connectivity index (χ3v) is 10.9. The number of hydrogen-bond acceptors (Lipinski definition) is 5. The van der Waals surface area contributed by atoms with Crippen LogP contribution >= 0.6 is 0 Å². The summed E-state index contributed by atoms with van der Waals surface area (Å²) in [6.45, 7) is 7.47. The number of esters is 2. The second-order valence-electron chi connectivity index (χ2n) is 17.0. The third kappa shape index (κ3) is 49.7. The largest absolute Gasteiger partial charge is 0.462 e. The Morgan fingerprint density at radius 2 is 0.726 bits per heavy atom. The van der Waals surface area contributed by atoms with Crippen LogP contribution in [0.5, 0.6) is 0 Å². The Morgan fingerprint density at radius 1 is 0.371 bits per heavy atom. The molecule has 0 aliphatic heterocycles. The van der Waals surface area contributed by atoms with Crippen LogP contribution in [0.25, 0.3) is 0 Å². The molecule has 0 saturated heterocycles. The molecule has 0 fully saturated rings. The molecule has 356 valence electrons. The summed E-state index contributed by atoms with van der Waals surface area (Å²) in [4.78, 5) is 25.4. The predicted molar refractivity (Wildman–Crippen MR) is 270 cm³/mol. The molecule has 0 amide bonds. The van der Waals surface area contributed by atoms with E-state index < -0.39 is 6.10 Å². The van der Waals surface area contributed by atoms with Crippen molar-refractivity contribution in [1.29, 1.82) is 0 Å². The second kappa shape index (κ2) is 52.4. The van der Waals surface area contributed by atoms with Crippen molar-refractivity contribution in [3.63, 3.8) is 0 Å². The highest BCUT2D eigenvalue weighted by molar-refractivity contribution is 5.70. The van der Waals surface area contributed by atoms with Crippen molar-refractivity contribution in [2.24, 2.45) is 0 Å². The van der Waals surface area contributed by atoms with Crippen LogP contribution in [0.1, 0.15) is 239 Å². The SMILES string of the molecule is CC/C=C\C/C=C\C/C=C\C/C=C\CCCOCC(COC(=O)CCCCCCCCC/C=C\C/C=C\C/C=C\CC)OC(=O)CCCCCCCCCCCCCCCCC. The summed E-state index contributed by atoms with van der Waals surface area (Å²) in [5.41, 5.74) is 0. The van der Waals surface area contributed by atoms with Crippen LogP contribution in [-0.2, 0) is 23.8 Å². The van der Waals surface area contributed by atoms with Crippen molar-refractivity contribution >= 4 is 11.9 Å². The molecule has 0 rings (SSSR count). The van der Waals surface area contributed by atoms with Crippen LogP contribution in [0, 0.1) is 0 Å². The van der Waals surface area contributed by atoms with E-state index in [0.717, 1.165) is 96.3 Å². The molecule has 0 saturated carbocycles. The zero-order chi connectivity index (χ0) is 44.9. The molecule has 0 aromatic heterocycles. The van der Waals surface area contributed by atoms with E-state index in [4.69, 9.17) is 14.2 Å². The van der Waals surface area contributed by atoms with Crippen molar-refractivity contribution in [2.45, 2.75) is 245 Å². The normalized spacial score (nSPS) is 12.9. The van der Waals surface area contributed by atoms with Gasteiger partial charge in [-0.05, 0) is 83.5 Å². The highest BCUT2D eigenvalue weighted by atomic mass is 16.6. The van der Waals surface area contributed by atoms with Crippen molar-refractivity contribution < 1.29 is 23.8 Å². The van der Waals surface area contributed by atoms with Gasteiger partial charge in [0.15, 0.2) is 6.10 Å². The van der Waals surface area contributed by atoms with Gasteiger partial charge in [-0.15, -0.1) is 0 Å². The number of hydrogen-bond donors (Lipinski definition) is 0. The third-order valence-electron chi connectivity index (χ3n) is 10.9. The minimum absolute atomic E-state index is 0.0569. The van der Waals surface area contributed by atoms with Crippen LogP contribution in [0.15, 0.2) is 85.1 Å². The summed E-state index contributed by atoms with van der Waals surface area (Å²) in [6, 6.07) is 0. The quantitative estimate of drug-likeness (QED) is 0.0346. The molecule has 0 aromatic carbocycles.